The summed E-state index contributed by atoms with van der Waals surface area (Å²) in [6, 6.07) is -0.599. The molecule has 1 fully saturated rings. The van der Waals surface area contributed by atoms with Crippen LogP contribution in [-0.4, -0.2) is 40.8 Å². The average molecular weight is 173 g/mol. The van der Waals surface area contributed by atoms with Crippen molar-refractivity contribution in [2.45, 2.75) is 25.4 Å². The Kier molecular flexibility index (Phi) is 2.36. The highest BCUT2D eigenvalue weighted by Crippen LogP contribution is 2.12. The van der Waals surface area contributed by atoms with Gasteiger partial charge in [0, 0.05) is 18.6 Å². The van der Waals surface area contributed by atoms with E-state index in [9.17, 15) is 10.0 Å². The molecule has 1 rings (SSSR count). The molecule has 1 heterocycles. The van der Waals surface area contributed by atoms with E-state index >= 15 is 0 Å². The number of rotatable bonds is 1. The highest BCUT2D eigenvalue weighted by molar-refractivity contribution is 5.80. The Morgan fingerprint density at radius 2 is 2.33 bits per heavy atom. The van der Waals surface area contributed by atoms with E-state index in [2.05, 4.69) is 5.32 Å². The molecule has 5 nitrogen and oxygen atoms in total. The fraction of sp³-hybridized carbons (Fsp3) is 0.857. The minimum absolute atomic E-state index is 0.166. The number of nitrogens with zero attached hydrogens (tertiary/aromatic N) is 1. The van der Waals surface area contributed by atoms with Gasteiger partial charge < -0.3 is 16.3 Å². The van der Waals surface area contributed by atoms with Crippen LogP contribution in [0.3, 0.4) is 0 Å². The third kappa shape index (κ3) is 1.94. The standard InChI is InChI=1S/C7H15N3O2/c1-7(2)4-10(12)5(3-9-7)6(8)11/h5,9,12H,3-4H2,1-2H3,(H2,8,11)/t5-/m1/s1. The summed E-state index contributed by atoms with van der Waals surface area (Å²) >= 11 is 0. The van der Waals surface area contributed by atoms with Crippen LogP contribution in [0.25, 0.3) is 0 Å². The maximum atomic E-state index is 10.8. The number of carbonyl (C=O) groups excluding carboxylic acids is 1. The molecular formula is C7H15N3O2. The van der Waals surface area contributed by atoms with E-state index < -0.39 is 11.9 Å². The first-order valence-corrected chi connectivity index (χ1v) is 3.92. The van der Waals surface area contributed by atoms with Crippen LogP contribution in [0.15, 0.2) is 0 Å². The SMILES string of the molecule is CC1(C)CN(O)[C@@H](C(N)=O)CN1. The molecule has 1 atom stereocenters. The number of carbonyl (C=O) groups is 1. The summed E-state index contributed by atoms with van der Waals surface area (Å²) in [7, 11) is 0. The number of primary amides is 1. The van der Waals surface area contributed by atoms with E-state index in [0.717, 1.165) is 5.06 Å². The van der Waals surface area contributed by atoms with Crippen LogP contribution in [0.2, 0.25) is 0 Å². The topological polar surface area (TPSA) is 78.6 Å². The molecule has 0 aromatic rings. The fourth-order valence-electron chi connectivity index (χ4n) is 1.30. The maximum absolute atomic E-state index is 10.8. The molecule has 0 unspecified atom stereocenters. The molecule has 70 valence electrons. The third-order valence-electron chi connectivity index (χ3n) is 2.02. The minimum Gasteiger partial charge on any atom is -0.368 e. The van der Waals surface area contributed by atoms with Gasteiger partial charge in [-0.2, -0.15) is 5.06 Å². The Balaban J connectivity index is 2.60. The molecule has 12 heavy (non-hydrogen) atoms. The zero-order chi connectivity index (χ0) is 9.35. The van der Waals surface area contributed by atoms with Crippen LogP contribution in [0.5, 0.6) is 0 Å². The quantitative estimate of drug-likeness (QED) is 0.471. The van der Waals surface area contributed by atoms with Gasteiger partial charge in [0.05, 0.1) is 0 Å². The number of nitrogens with two attached hydrogens (primary N) is 1. The van der Waals surface area contributed by atoms with Crippen molar-refractivity contribution >= 4 is 5.91 Å². The van der Waals surface area contributed by atoms with Crippen molar-refractivity contribution in [3.05, 3.63) is 0 Å². The first-order chi connectivity index (χ1) is 5.42. The molecule has 1 aliphatic heterocycles. The van der Waals surface area contributed by atoms with Crippen LogP contribution in [0.4, 0.5) is 0 Å². The van der Waals surface area contributed by atoms with E-state index in [4.69, 9.17) is 5.73 Å². The van der Waals surface area contributed by atoms with Crippen molar-refractivity contribution in [3.63, 3.8) is 0 Å². The van der Waals surface area contributed by atoms with Crippen LogP contribution < -0.4 is 11.1 Å². The van der Waals surface area contributed by atoms with Crippen molar-refractivity contribution in [1.29, 1.82) is 0 Å². The van der Waals surface area contributed by atoms with Gasteiger partial charge in [-0.3, -0.25) is 4.79 Å². The van der Waals surface area contributed by atoms with Gasteiger partial charge in [-0.25, -0.2) is 0 Å². The number of hydroxylamine groups is 2. The third-order valence-corrected chi connectivity index (χ3v) is 2.02. The van der Waals surface area contributed by atoms with E-state index in [0.29, 0.717) is 13.1 Å². The highest BCUT2D eigenvalue weighted by atomic mass is 16.5. The lowest BCUT2D eigenvalue weighted by Gasteiger charge is -2.39. The first kappa shape index (κ1) is 9.44. The summed E-state index contributed by atoms with van der Waals surface area (Å²) in [5.41, 5.74) is 4.90. The van der Waals surface area contributed by atoms with Gasteiger partial charge in [-0.15, -0.1) is 0 Å². The number of amides is 1. The summed E-state index contributed by atoms with van der Waals surface area (Å²) < 4.78 is 0. The summed E-state index contributed by atoms with van der Waals surface area (Å²) in [6.45, 7) is 4.71. The number of piperazine rings is 1. The van der Waals surface area contributed by atoms with Crippen molar-refractivity contribution in [2.75, 3.05) is 13.1 Å². The molecule has 0 spiro atoms. The maximum Gasteiger partial charge on any atom is 0.238 e. The molecule has 4 N–H and O–H groups in total. The number of hydrogen-bond acceptors (Lipinski definition) is 4. The second-order valence-electron chi connectivity index (χ2n) is 3.78. The Hall–Kier alpha value is -0.650. The van der Waals surface area contributed by atoms with E-state index in [1.54, 1.807) is 0 Å². The second-order valence-corrected chi connectivity index (χ2v) is 3.78. The first-order valence-electron chi connectivity index (χ1n) is 3.92. The average Bonchev–Trinajstić information content (AvgIpc) is 1.83. The van der Waals surface area contributed by atoms with Crippen molar-refractivity contribution in [2.24, 2.45) is 5.73 Å². The van der Waals surface area contributed by atoms with Gasteiger partial charge >= 0.3 is 0 Å². The van der Waals surface area contributed by atoms with E-state index in [-0.39, 0.29) is 5.54 Å². The monoisotopic (exact) mass is 173 g/mol. The zero-order valence-corrected chi connectivity index (χ0v) is 7.37. The van der Waals surface area contributed by atoms with Crippen molar-refractivity contribution in [3.8, 4) is 0 Å². The van der Waals surface area contributed by atoms with E-state index in [1.165, 1.54) is 0 Å². The molecule has 0 radical (unpaired) electrons. The van der Waals surface area contributed by atoms with Crippen molar-refractivity contribution in [1.82, 2.24) is 10.4 Å². The summed E-state index contributed by atoms with van der Waals surface area (Å²) in [6.07, 6.45) is 0. The molecule has 0 saturated carbocycles. The predicted octanol–water partition coefficient (Wildman–Crippen LogP) is -1.09. The molecule has 5 heteroatoms. The molecule has 0 bridgehead atoms. The fourth-order valence-corrected chi connectivity index (χ4v) is 1.30. The molecule has 0 aliphatic carbocycles. The second kappa shape index (κ2) is 3.01. The van der Waals surface area contributed by atoms with Crippen LogP contribution >= 0.6 is 0 Å². The van der Waals surface area contributed by atoms with Crippen LogP contribution in [0.1, 0.15) is 13.8 Å². The molecule has 1 aliphatic rings. The summed E-state index contributed by atoms with van der Waals surface area (Å²) in [5.74, 6) is -0.500. The smallest absolute Gasteiger partial charge is 0.238 e. The van der Waals surface area contributed by atoms with Gasteiger partial charge in [0.25, 0.3) is 0 Å². The van der Waals surface area contributed by atoms with Gasteiger partial charge in [0.1, 0.15) is 6.04 Å². The number of hydrogen-bond donors (Lipinski definition) is 3. The number of nitrogens with one attached hydrogen (secondary N) is 1. The van der Waals surface area contributed by atoms with Crippen LogP contribution in [0, 0.1) is 0 Å². The lowest BCUT2D eigenvalue weighted by atomic mass is 10.0. The lowest BCUT2D eigenvalue weighted by Crippen LogP contribution is -2.63. The normalized spacial score (nSPS) is 30.1. The molecular weight excluding hydrogens is 158 g/mol. The summed E-state index contributed by atoms with van der Waals surface area (Å²) in [4.78, 5) is 10.8. The Labute approximate surface area is 71.5 Å². The largest absolute Gasteiger partial charge is 0.368 e. The lowest BCUT2D eigenvalue weighted by molar-refractivity contribution is -0.167. The predicted molar refractivity (Wildman–Crippen MR) is 43.6 cm³/mol. The highest BCUT2D eigenvalue weighted by Gasteiger charge is 2.34. The van der Waals surface area contributed by atoms with Gasteiger partial charge in [0.15, 0.2) is 0 Å². The van der Waals surface area contributed by atoms with Gasteiger partial charge in [-0.05, 0) is 13.8 Å². The molecule has 1 amide bonds. The van der Waals surface area contributed by atoms with E-state index in [1.807, 2.05) is 13.8 Å². The van der Waals surface area contributed by atoms with Crippen molar-refractivity contribution < 1.29 is 10.0 Å². The molecule has 0 aromatic carbocycles. The van der Waals surface area contributed by atoms with Gasteiger partial charge in [0.2, 0.25) is 5.91 Å². The molecule has 0 aromatic heterocycles. The summed E-state index contributed by atoms with van der Waals surface area (Å²) in [5, 5.41) is 13.5. The Morgan fingerprint density at radius 3 is 2.75 bits per heavy atom. The molecule has 1 saturated heterocycles. The minimum atomic E-state index is -0.599. The Bertz CT molecular complexity index is 193. The zero-order valence-electron chi connectivity index (χ0n) is 7.37. The van der Waals surface area contributed by atoms with Gasteiger partial charge in [-0.1, -0.05) is 0 Å². The van der Waals surface area contributed by atoms with Crippen LogP contribution in [-0.2, 0) is 4.79 Å². The Morgan fingerprint density at radius 1 is 1.75 bits per heavy atom.